The first-order chi connectivity index (χ1) is 14.8. The summed E-state index contributed by atoms with van der Waals surface area (Å²) in [7, 11) is -3.60. The number of hydrogen-bond donors (Lipinski definition) is 0. The van der Waals surface area contributed by atoms with E-state index in [1.165, 1.54) is 12.1 Å². The van der Waals surface area contributed by atoms with Gasteiger partial charge in [-0.15, -0.1) is 0 Å². The van der Waals surface area contributed by atoms with Gasteiger partial charge in [0.2, 0.25) is 5.95 Å². The van der Waals surface area contributed by atoms with Crippen molar-refractivity contribution < 1.29 is 22.3 Å². The lowest BCUT2D eigenvalue weighted by molar-refractivity contribution is -0.207. The molecule has 0 spiro atoms. The fourth-order valence-corrected chi connectivity index (χ4v) is 4.97. The van der Waals surface area contributed by atoms with Crippen molar-refractivity contribution in [3.8, 4) is 0 Å². The molecule has 2 aliphatic heterocycles. The number of aromatic nitrogens is 2. The average Bonchev–Trinajstić information content (AvgIpc) is 2.74. The van der Waals surface area contributed by atoms with Gasteiger partial charge in [0, 0.05) is 30.8 Å². The molecule has 1 aromatic heterocycles. The first-order valence-electron chi connectivity index (χ1n) is 10.2. The Morgan fingerprint density at radius 1 is 1.13 bits per heavy atom. The van der Waals surface area contributed by atoms with Crippen molar-refractivity contribution in [3.63, 3.8) is 0 Å². The van der Waals surface area contributed by atoms with Crippen LogP contribution in [-0.4, -0.2) is 50.9 Å². The van der Waals surface area contributed by atoms with E-state index >= 15 is 0 Å². The third-order valence-electron chi connectivity index (χ3n) is 5.76. The summed E-state index contributed by atoms with van der Waals surface area (Å²) < 4.78 is 48.9. The topological polar surface area (TPSA) is 81.6 Å². The van der Waals surface area contributed by atoms with E-state index in [4.69, 9.17) is 21.1 Å². The van der Waals surface area contributed by atoms with Crippen LogP contribution in [0.3, 0.4) is 0 Å². The van der Waals surface area contributed by atoms with Crippen molar-refractivity contribution in [1.29, 1.82) is 0 Å². The number of nitrogens with zero attached hydrogens (tertiary/aromatic N) is 3. The van der Waals surface area contributed by atoms with E-state index in [1.54, 1.807) is 18.5 Å². The number of benzene rings is 1. The molecule has 0 radical (unpaired) electrons. The zero-order chi connectivity index (χ0) is 22.0. The van der Waals surface area contributed by atoms with Crippen LogP contribution in [0, 0.1) is 17.7 Å². The molecular formula is C21H25ClFN3O4S. The van der Waals surface area contributed by atoms with E-state index in [9.17, 15) is 12.8 Å². The fourth-order valence-electron chi connectivity index (χ4n) is 4.14. The van der Waals surface area contributed by atoms with E-state index in [0.717, 1.165) is 38.6 Å². The molecule has 10 heteroatoms. The molecule has 168 valence electrons. The second kappa shape index (κ2) is 9.36. The van der Waals surface area contributed by atoms with Crippen molar-refractivity contribution in [2.75, 3.05) is 37.5 Å². The van der Waals surface area contributed by atoms with E-state index in [2.05, 4.69) is 14.9 Å². The van der Waals surface area contributed by atoms with Crippen LogP contribution < -0.4 is 4.90 Å². The molecule has 0 N–H and O–H groups in total. The van der Waals surface area contributed by atoms with E-state index < -0.39 is 21.9 Å². The normalized spacial score (nSPS) is 23.1. The highest BCUT2D eigenvalue weighted by molar-refractivity contribution is 7.90. The number of anilines is 1. The van der Waals surface area contributed by atoms with Crippen molar-refractivity contribution in [2.45, 2.75) is 30.4 Å². The van der Waals surface area contributed by atoms with Gasteiger partial charge in [-0.2, -0.15) is 0 Å². The van der Waals surface area contributed by atoms with Gasteiger partial charge in [0.25, 0.3) is 0 Å². The van der Waals surface area contributed by atoms with Crippen LogP contribution in [0.25, 0.3) is 0 Å². The zero-order valence-corrected chi connectivity index (χ0v) is 18.8. The number of piperidine rings is 1. The Balaban J connectivity index is 1.25. The van der Waals surface area contributed by atoms with E-state index in [0.29, 0.717) is 35.7 Å². The van der Waals surface area contributed by atoms with Crippen LogP contribution in [0.4, 0.5) is 10.3 Å². The minimum Gasteiger partial charge on any atom is -0.348 e. The van der Waals surface area contributed by atoms with Crippen LogP contribution in [0.1, 0.15) is 31.1 Å². The van der Waals surface area contributed by atoms with Gasteiger partial charge in [0.1, 0.15) is 10.7 Å². The molecule has 0 amide bonds. The lowest BCUT2D eigenvalue weighted by atomic mass is 9.87. The highest BCUT2D eigenvalue weighted by Crippen LogP contribution is 2.32. The Labute approximate surface area is 186 Å². The molecule has 0 unspecified atom stereocenters. The first-order valence-corrected chi connectivity index (χ1v) is 12.5. The second-order valence-corrected chi connectivity index (χ2v) is 10.6. The largest absolute Gasteiger partial charge is 0.348 e. The maximum Gasteiger partial charge on any atom is 0.225 e. The maximum absolute atomic E-state index is 14.2. The summed E-state index contributed by atoms with van der Waals surface area (Å²) in [6.07, 6.45) is 6.63. The second-order valence-electron chi connectivity index (χ2n) is 8.19. The van der Waals surface area contributed by atoms with Crippen molar-refractivity contribution in [3.05, 3.63) is 47.0 Å². The Morgan fingerprint density at radius 2 is 1.77 bits per heavy atom. The summed E-state index contributed by atoms with van der Waals surface area (Å²) in [5.74, 6) is 0.776. The molecule has 0 atom stereocenters. The van der Waals surface area contributed by atoms with Gasteiger partial charge in [-0.25, -0.2) is 22.8 Å². The van der Waals surface area contributed by atoms with Gasteiger partial charge in [-0.3, -0.25) is 0 Å². The quantitative estimate of drug-likeness (QED) is 0.661. The Hall–Kier alpha value is -1.81. The van der Waals surface area contributed by atoms with Crippen molar-refractivity contribution in [2.24, 2.45) is 11.8 Å². The van der Waals surface area contributed by atoms with Gasteiger partial charge >= 0.3 is 0 Å². The molecule has 2 aromatic rings. The lowest BCUT2D eigenvalue weighted by Crippen LogP contribution is -2.37. The SMILES string of the molecule is CS(=O)(=O)c1ccc([C@H]2OC[C@H](CC3CCN(c4ncc(Cl)cn4)CC3)CO2)cc1F. The monoisotopic (exact) mass is 469 g/mol. The average molecular weight is 470 g/mol. The smallest absolute Gasteiger partial charge is 0.225 e. The third-order valence-corrected chi connectivity index (χ3v) is 7.09. The predicted molar refractivity (Wildman–Crippen MR) is 114 cm³/mol. The van der Waals surface area contributed by atoms with Crippen LogP contribution in [0.15, 0.2) is 35.5 Å². The van der Waals surface area contributed by atoms with Crippen LogP contribution >= 0.6 is 11.6 Å². The van der Waals surface area contributed by atoms with Crippen LogP contribution in [-0.2, 0) is 19.3 Å². The van der Waals surface area contributed by atoms with Crippen LogP contribution in [0.5, 0.6) is 0 Å². The van der Waals surface area contributed by atoms with E-state index in [1.807, 2.05) is 0 Å². The summed E-state index contributed by atoms with van der Waals surface area (Å²) in [5, 5.41) is 0.531. The number of rotatable bonds is 5. The van der Waals surface area contributed by atoms with E-state index in [-0.39, 0.29) is 10.8 Å². The minimum absolute atomic E-state index is 0.278. The predicted octanol–water partition coefficient (Wildman–Crippen LogP) is 3.64. The summed E-state index contributed by atoms with van der Waals surface area (Å²) >= 11 is 5.85. The Bertz CT molecular complexity index is 1010. The summed E-state index contributed by atoms with van der Waals surface area (Å²) in [6.45, 7) is 2.85. The molecular weight excluding hydrogens is 445 g/mol. The van der Waals surface area contributed by atoms with Gasteiger partial charge in [0.05, 0.1) is 30.6 Å². The standard InChI is InChI=1S/C21H25ClFN3O4S/c1-31(27,28)19-3-2-16(9-18(19)23)20-29-12-15(13-30-20)8-14-4-6-26(7-5-14)21-24-10-17(22)11-25-21/h2-3,9-11,14-15,20H,4-8,12-13H2,1H3/t15-,20-. The zero-order valence-electron chi connectivity index (χ0n) is 17.2. The molecule has 0 aliphatic carbocycles. The molecule has 2 saturated heterocycles. The molecule has 2 aliphatic rings. The van der Waals surface area contributed by atoms with Crippen LogP contribution in [0.2, 0.25) is 5.02 Å². The maximum atomic E-state index is 14.2. The number of hydrogen-bond acceptors (Lipinski definition) is 7. The molecule has 4 rings (SSSR count). The summed E-state index contributed by atoms with van der Waals surface area (Å²) in [5.41, 5.74) is 0.486. The minimum atomic E-state index is -3.60. The highest BCUT2D eigenvalue weighted by atomic mass is 35.5. The van der Waals surface area contributed by atoms with Crippen molar-refractivity contribution >= 4 is 27.4 Å². The Morgan fingerprint density at radius 3 is 2.35 bits per heavy atom. The van der Waals surface area contributed by atoms with Crippen molar-refractivity contribution in [1.82, 2.24) is 9.97 Å². The molecule has 1 aromatic carbocycles. The third kappa shape index (κ3) is 5.52. The van der Waals surface area contributed by atoms with Gasteiger partial charge in [-0.05, 0) is 37.3 Å². The highest BCUT2D eigenvalue weighted by Gasteiger charge is 2.29. The molecule has 31 heavy (non-hydrogen) atoms. The first kappa shape index (κ1) is 22.4. The van der Waals surface area contributed by atoms with Gasteiger partial charge < -0.3 is 14.4 Å². The molecule has 0 saturated carbocycles. The summed E-state index contributed by atoms with van der Waals surface area (Å²) in [6, 6.07) is 3.98. The Kier molecular flexibility index (Phi) is 6.76. The molecule has 0 bridgehead atoms. The van der Waals surface area contributed by atoms with Gasteiger partial charge in [0.15, 0.2) is 16.1 Å². The molecule has 7 nitrogen and oxygen atoms in total. The lowest BCUT2D eigenvalue weighted by Gasteiger charge is -2.35. The molecule has 3 heterocycles. The van der Waals surface area contributed by atoms with Gasteiger partial charge in [-0.1, -0.05) is 17.7 Å². The number of ether oxygens (including phenoxy) is 2. The summed E-state index contributed by atoms with van der Waals surface area (Å²) in [4.78, 5) is 10.4. The number of halogens is 2. The number of sulfone groups is 1. The molecule has 2 fully saturated rings. The fraction of sp³-hybridized carbons (Fsp3) is 0.524.